The largest absolute Gasteiger partial charge is 0.305 e. The number of carbonyl (C=O) groups is 1. The molecule has 0 saturated carbocycles. The lowest BCUT2D eigenvalue weighted by Gasteiger charge is -2.02. The average Bonchev–Trinajstić information content (AvgIpc) is 2.31. The van der Waals surface area contributed by atoms with Gasteiger partial charge < -0.3 is 5.32 Å². The Morgan fingerprint density at radius 1 is 1.19 bits per heavy atom. The van der Waals surface area contributed by atoms with Crippen LogP contribution in [0.1, 0.15) is 10.4 Å². The monoisotopic (exact) mass is 218 g/mol. The summed E-state index contributed by atoms with van der Waals surface area (Å²) in [6.07, 6.45) is 5.52. The van der Waals surface area contributed by atoms with Crippen molar-refractivity contribution in [2.24, 2.45) is 0 Å². The third kappa shape index (κ3) is 2.35. The van der Waals surface area contributed by atoms with Crippen LogP contribution in [0, 0.1) is 5.95 Å². The summed E-state index contributed by atoms with van der Waals surface area (Å²) in [6, 6.07) is 2.46. The number of hydrogen-bond acceptors (Lipinski definition) is 4. The Morgan fingerprint density at radius 3 is 2.69 bits per heavy atom. The maximum Gasteiger partial charge on any atom is 0.258 e. The van der Waals surface area contributed by atoms with Gasteiger partial charge in [-0.15, -0.1) is 0 Å². The van der Waals surface area contributed by atoms with Crippen molar-refractivity contribution in [3.05, 3.63) is 48.4 Å². The van der Waals surface area contributed by atoms with Gasteiger partial charge in [0.15, 0.2) is 5.82 Å². The number of hydrogen-bond donors (Lipinski definition) is 1. The molecule has 2 rings (SSSR count). The molecule has 2 aromatic heterocycles. The molecule has 5 nitrogen and oxygen atoms in total. The standard InChI is InChI=1S/C10H7FN4O/c11-8-2-1-7(5-14-8)10(16)15-9-6-12-3-4-13-9/h1-6H,(H,13,15,16). The Hall–Kier alpha value is -2.37. The molecule has 80 valence electrons. The molecular weight excluding hydrogens is 211 g/mol. The number of carbonyl (C=O) groups excluding carboxylic acids is 1. The lowest BCUT2D eigenvalue weighted by molar-refractivity contribution is 0.102. The summed E-state index contributed by atoms with van der Waals surface area (Å²) in [5.41, 5.74) is 0.257. The molecule has 0 aliphatic heterocycles. The van der Waals surface area contributed by atoms with Crippen LogP contribution in [0.15, 0.2) is 36.9 Å². The molecule has 0 aromatic carbocycles. The molecule has 1 N–H and O–H groups in total. The highest BCUT2D eigenvalue weighted by molar-refractivity contribution is 6.03. The molecule has 0 spiro atoms. The molecule has 16 heavy (non-hydrogen) atoms. The van der Waals surface area contributed by atoms with Gasteiger partial charge in [0.05, 0.1) is 11.8 Å². The van der Waals surface area contributed by atoms with E-state index in [1.165, 1.54) is 24.7 Å². The molecule has 0 radical (unpaired) electrons. The lowest BCUT2D eigenvalue weighted by Crippen LogP contribution is -2.13. The summed E-state index contributed by atoms with van der Waals surface area (Å²) >= 11 is 0. The molecule has 0 saturated heterocycles. The van der Waals surface area contributed by atoms with Crippen LogP contribution in [-0.2, 0) is 0 Å². The minimum atomic E-state index is -0.629. The first kappa shape index (κ1) is 10.2. The first-order chi connectivity index (χ1) is 7.75. The first-order valence-corrected chi connectivity index (χ1v) is 4.44. The molecule has 2 aromatic rings. The number of aromatic nitrogens is 3. The normalized spacial score (nSPS) is 9.81. The second kappa shape index (κ2) is 4.43. The summed E-state index contributed by atoms with van der Waals surface area (Å²) in [5, 5.41) is 2.50. The number of pyridine rings is 1. The molecule has 0 bridgehead atoms. The molecule has 0 unspecified atom stereocenters. The van der Waals surface area contributed by atoms with Crippen molar-refractivity contribution >= 4 is 11.7 Å². The number of anilines is 1. The molecular formula is C10H7FN4O. The van der Waals surface area contributed by atoms with Gasteiger partial charge in [0.25, 0.3) is 5.91 Å². The van der Waals surface area contributed by atoms with Gasteiger partial charge in [0.1, 0.15) is 0 Å². The maximum absolute atomic E-state index is 12.5. The van der Waals surface area contributed by atoms with E-state index < -0.39 is 11.9 Å². The number of nitrogens with one attached hydrogen (secondary N) is 1. The van der Waals surface area contributed by atoms with E-state index in [0.29, 0.717) is 5.82 Å². The van der Waals surface area contributed by atoms with E-state index in [0.717, 1.165) is 12.3 Å². The minimum Gasteiger partial charge on any atom is -0.305 e. The fourth-order valence-electron chi connectivity index (χ4n) is 1.06. The summed E-state index contributed by atoms with van der Waals surface area (Å²) < 4.78 is 12.5. The van der Waals surface area contributed by atoms with Crippen LogP contribution >= 0.6 is 0 Å². The predicted molar refractivity (Wildman–Crippen MR) is 54.2 cm³/mol. The van der Waals surface area contributed by atoms with Crippen LogP contribution in [0.5, 0.6) is 0 Å². The second-order valence-corrected chi connectivity index (χ2v) is 2.91. The van der Waals surface area contributed by atoms with Gasteiger partial charge in [0.2, 0.25) is 5.95 Å². The Morgan fingerprint density at radius 2 is 2.06 bits per heavy atom. The van der Waals surface area contributed by atoms with Crippen LogP contribution in [-0.4, -0.2) is 20.9 Å². The van der Waals surface area contributed by atoms with Crippen LogP contribution in [0.25, 0.3) is 0 Å². The number of rotatable bonds is 2. The van der Waals surface area contributed by atoms with Gasteiger partial charge in [0, 0.05) is 18.6 Å². The van der Waals surface area contributed by atoms with Gasteiger partial charge in [-0.1, -0.05) is 0 Å². The third-order valence-electron chi connectivity index (χ3n) is 1.79. The predicted octanol–water partition coefficient (Wildman–Crippen LogP) is 1.26. The van der Waals surface area contributed by atoms with Crippen LogP contribution in [0.2, 0.25) is 0 Å². The Kier molecular flexibility index (Phi) is 2.81. The zero-order chi connectivity index (χ0) is 11.4. The fourth-order valence-corrected chi connectivity index (χ4v) is 1.06. The van der Waals surface area contributed by atoms with Crippen molar-refractivity contribution in [2.75, 3.05) is 5.32 Å². The van der Waals surface area contributed by atoms with Crippen molar-refractivity contribution in [3.8, 4) is 0 Å². The number of nitrogens with zero attached hydrogens (tertiary/aromatic N) is 3. The van der Waals surface area contributed by atoms with Crippen LogP contribution in [0.3, 0.4) is 0 Å². The van der Waals surface area contributed by atoms with E-state index in [-0.39, 0.29) is 5.56 Å². The smallest absolute Gasteiger partial charge is 0.258 e. The summed E-state index contributed by atoms with van der Waals surface area (Å²) in [4.78, 5) is 22.6. The molecule has 0 fully saturated rings. The van der Waals surface area contributed by atoms with Crippen molar-refractivity contribution in [1.82, 2.24) is 15.0 Å². The van der Waals surface area contributed by atoms with Crippen molar-refractivity contribution in [1.29, 1.82) is 0 Å². The molecule has 6 heteroatoms. The quantitative estimate of drug-likeness (QED) is 0.770. The molecule has 2 heterocycles. The highest BCUT2D eigenvalue weighted by Crippen LogP contribution is 2.04. The molecule has 1 amide bonds. The van der Waals surface area contributed by atoms with E-state index >= 15 is 0 Å². The maximum atomic E-state index is 12.5. The second-order valence-electron chi connectivity index (χ2n) is 2.91. The Bertz CT molecular complexity index is 486. The summed E-state index contributed by atoms with van der Waals surface area (Å²) in [7, 11) is 0. The van der Waals surface area contributed by atoms with E-state index in [1.54, 1.807) is 0 Å². The Labute approximate surface area is 90.4 Å². The number of amides is 1. The molecule has 0 atom stereocenters. The first-order valence-electron chi connectivity index (χ1n) is 4.44. The highest BCUT2D eigenvalue weighted by atomic mass is 19.1. The molecule has 0 aliphatic rings. The van der Waals surface area contributed by atoms with E-state index in [2.05, 4.69) is 20.3 Å². The topological polar surface area (TPSA) is 67.8 Å². The highest BCUT2D eigenvalue weighted by Gasteiger charge is 2.06. The van der Waals surface area contributed by atoms with Gasteiger partial charge in [-0.3, -0.25) is 9.78 Å². The van der Waals surface area contributed by atoms with Gasteiger partial charge in [-0.25, -0.2) is 9.97 Å². The summed E-state index contributed by atoms with van der Waals surface area (Å²) in [6.45, 7) is 0. The zero-order valence-corrected chi connectivity index (χ0v) is 8.09. The van der Waals surface area contributed by atoms with Crippen LogP contribution < -0.4 is 5.32 Å². The fraction of sp³-hybridized carbons (Fsp3) is 0. The van der Waals surface area contributed by atoms with E-state index in [4.69, 9.17) is 0 Å². The van der Waals surface area contributed by atoms with Crippen molar-refractivity contribution in [2.45, 2.75) is 0 Å². The zero-order valence-electron chi connectivity index (χ0n) is 8.09. The lowest BCUT2D eigenvalue weighted by atomic mass is 10.3. The third-order valence-corrected chi connectivity index (χ3v) is 1.79. The van der Waals surface area contributed by atoms with Crippen LogP contribution in [0.4, 0.5) is 10.2 Å². The van der Waals surface area contributed by atoms with E-state index in [9.17, 15) is 9.18 Å². The SMILES string of the molecule is O=C(Nc1cnccn1)c1ccc(F)nc1. The van der Waals surface area contributed by atoms with Crippen molar-refractivity contribution < 1.29 is 9.18 Å². The van der Waals surface area contributed by atoms with Gasteiger partial charge in [-0.2, -0.15) is 4.39 Å². The number of halogens is 1. The minimum absolute atomic E-state index is 0.257. The Balaban J connectivity index is 2.12. The molecule has 0 aliphatic carbocycles. The van der Waals surface area contributed by atoms with Gasteiger partial charge >= 0.3 is 0 Å². The van der Waals surface area contributed by atoms with E-state index in [1.807, 2.05) is 0 Å². The average molecular weight is 218 g/mol. The summed E-state index contributed by atoms with van der Waals surface area (Å²) in [5.74, 6) is -0.708. The van der Waals surface area contributed by atoms with Crippen molar-refractivity contribution in [3.63, 3.8) is 0 Å². The van der Waals surface area contributed by atoms with Gasteiger partial charge in [-0.05, 0) is 12.1 Å².